The van der Waals surface area contributed by atoms with Gasteiger partial charge < -0.3 is 15.8 Å². The Bertz CT molecular complexity index is 344. The summed E-state index contributed by atoms with van der Waals surface area (Å²) in [5.74, 6) is 0.0201. The van der Waals surface area contributed by atoms with Crippen molar-refractivity contribution in [3.8, 4) is 5.75 Å². The summed E-state index contributed by atoms with van der Waals surface area (Å²) in [6.07, 6.45) is 0. The highest BCUT2D eigenvalue weighted by molar-refractivity contribution is 6.32. The van der Waals surface area contributed by atoms with E-state index in [9.17, 15) is 4.39 Å². The summed E-state index contributed by atoms with van der Waals surface area (Å²) in [6.45, 7) is 2.32. The van der Waals surface area contributed by atoms with Crippen molar-refractivity contribution >= 4 is 17.3 Å². The number of rotatable bonds is 4. The molecule has 0 aliphatic heterocycles. The minimum absolute atomic E-state index is 0.0499. The normalized spacial score (nSPS) is 12.3. The highest BCUT2D eigenvalue weighted by atomic mass is 35.5. The molecule has 84 valence electrons. The molecule has 0 saturated heterocycles. The fraction of sp³-hybridized carbons (Fsp3) is 0.400. The van der Waals surface area contributed by atoms with Crippen LogP contribution in [0.25, 0.3) is 0 Å². The van der Waals surface area contributed by atoms with E-state index in [1.165, 1.54) is 19.2 Å². The zero-order chi connectivity index (χ0) is 11.4. The van der Waals surface area contributed by atoms with Crippen LogP contribution < -0.4 is 15.8 Å². The smallest absolute Gasteiger partial charge is 0.148 e. The lowest BCUT2D eigenvalue weighted by atomic mass is 10.2. The van der Waals surface area contributed by atoms with Crippen LogP contribution in [0.3, 0.4) is 0 Å². The molecule has 0 radical (unpaired) electrons. The second kappa shape index (κ2) is 5.19. The topological polar surface area (TPSA) is 47.3 Å². The molecule has 1 rings (SSSR count). The lowest BCUT2D eigenvalue weighted by Gasteiger charge is -2.12. The van der Waals surface area contributed by atoms with E-state index in [-0.39, 0.29) is 11.1 Å². The van der Waals surface area contributed by atoms with Crippen LogP contribution in [0.15, 0.2) is 12.1 Å². The van der Waals surface area contributed by atoms with Crippen molar-refractivity contribution in [1.82, 2.24) is 0 Å². The molecule has 5 heteroatoms. The van der Waals surface area contributed by atoms with Crippen LogP contribution >= 0.6 is 11.6 Å². The Morgan fingerprint density at radius 2 is 2.27 bits per heavy atom. The van der Waals surface area contributed by atoms with Gasteiger partial charge in [0.2, 0.25) is 0 Å². The van der Waals surface area contributed by atoms with Crippen molar-refractivity contribution in [3.63, 3.8) is 0 Å². The summed E-state index contributed by atoms with van der Waals surface area (Å²) in [5.41, 5.74) is 5.89. The summed E-state index contributed by atoms with van der Waals surface area (Å²) in [4.78, 5) is 0. The van der Waals surface area contributed by atoms with E-state index < -0.39 is 5.82 Å². The summed E-state index contributed by atoms with van der Waals surface area (Å²) in [6, 6.07) is 2.68. The molecule has 1 aromatic rings. The van der Waals surface area contributed by atoms with Crippen molar-refractivity contribution in [2.75, 3.05) is 19.0 Å². The lowest BCUT2D eigenvalue weighted by Crippen LogP contribution is -2.25. The minimum atomic E-state index is -0.415. The van der Waals surface area contributed by atoms with E-state index in [0.717, 1.165) is 0 Å². The van der Waals surface area contributed by atoms with Gasteiger partial charge in [0, 0.05) is 18.7 Å². The van der Waals surface area contributed by atoms with Crippen molar-refractivity contribution in [1.29, 1.82) is 0 Å². The zero-order valence-corrected chi connectivity index (χ0v) is 9.44. The van der Waals surface area contributed by atoms with Gasteiger partial charge in [-0.2, -0.15) is 0 Å². The number of ether oxygens (including phenoxy) is 1. The van der Waals surface area contributed by atoms with Gasteiger partial charge in [0.05, 0.1) is 17.8 Å². The molecule has 0 heterocycles. The molecule has 0 saturated carbocycles. The Morgan fingerprint density at radius 3 is 2.80 bits per heavy atom. The van der Waals surface area contributed by atoms with Crippen molar-refractivity contribution in [2.45, 2.75) is 13.0 Å². The highest BCUT2D eigenvalue weighted by Crippen LogP contribution is 2.29. The fourth-order valence-corrected chi connectivity index (χ4v) is 1.32. The van der Waals surface area contributed by atoms with Crippen molar-refractivity contribution < 1.29 is 9.13 Å². The van der Waals surface area contributed by atoms with E-state index in [1.54, 1.807) is 0 Å². The number of hydrogen-bond acceptors (Lipinski definition) is 3. The Morgan fingerprint density at radius 1 is 1.60 bits per heavy atom. The van der Waals surface area contributed by atoms with Crippen LogP contribution in [0.2, 0.25) is 5.02 Å². The molecule has 0 amide bonds. The highest BCUT2D eigenvalue weighted by Gasteiger charge is 2.08. The molecule has 0 fully saturated rings. The Balaban J connectivity index is 2.87. The summed E-state index contributed by atoms with van der Waals surface area (Å²) in [5, 5.41) is 3.13. The maximum Gasteiger partial charge on any atom is 0.148 e. The van der Waals surface area contributed by atoms with E-state index in [1.807, 2.05) is 6.92 Å². The molecule has 15 heavy (non-hydrogen) atoms. The van der Waals surface area contributed by atoms with Gasteiger partial charge in [-0.15, -0.1) is 0 Å². The van der Waals surface area contributed by atoms with Crippen LogP contribution in [0.1, 0.15) is 6.92 Å². The lowest BCUT2D eigenvalue weighted by molar-refractivity contribution is 0.414. The van der Waals surface area contributed by atoms with Crippen molar-refractivity contribution in [3.05, 3.63) is 23.0 Å². The van der Waals surface area contributed by atoms with Crippen LogP contribution in [0.4, 0.5) is 10.1 Å². The molecule has 0 bridgehead atoms. The van der Waals surface area contributed by atoms with E-state index in [2.05, 4.69) is 5.32 Å². The molecule has 3 N–H and O–H groups in total. The van der Waals surface area contributed by atoms with Gasteiger partial charge >= 0.3 is 0 Å². The third kappa shape index (κ3) is 3.25. The second-order valence-electron chi connectivity index (χ2n) is 3.32. The third-order valence-corrected chi connectivity index (χ3v) is 2.15. The molecule has 3 nitrogen and oxygen atoms in total. The van der Waals surface area contributed by atoms with Crippen LogP contribution in [-0.4, -0.2) is 19.7 Å². The fourth-order valence-electron chi connectivity index (χ4n) is 1.09. The monoisotopic (exact) mass is 232 g/mol. The number of benzene rings is 1. The number of methoxy groups -OCH3 is 1. The molecule has 0 aromatic heterocycles. The quantitative estimate of drug-likeness (QED) is 0.837. The first-order chi connectivity index (χ1) is 7.04. The van der Waals surface area contributed by atoms with E-state index in [0.29, 0.717) is 18.0 Å². The molecular formula is C10H14ClFN2O. The number of hydrogen-bond donors (Lipinski definition) is 2. The van der Waals surface area contributed by atoms with E-state index in [4.69, 9.17) is 22.1 Å². The largest absolute Gasteiger partial charge is 0.495 e. The number of nitrogens with two attached hydrogens (primary N) is 1. The van der Waals surface area contributed by atoms with Crippen LogP contribution in [0.5, 0.6) is 5.75 Å². The minimum Gasteiger partial charge on any atom is -0.495 e. The van der Waals surface area contributed by atoms with Gasteiger partial charge in [0.25, 0.3) is 0 Å². The summed E-state index contributed by atoms with van der Waals surface area (Å²) in [7, 11) is 1.48. The first kappa shape index (κ1) is 12.1. The summed E-state index contributed by atoms with van der Waals surface area (Å²) < 4.78 is 18.4. The SMILES string of the molecule is COc1cc(NC[C@H](C)N)c(F)cc1Cl. The first-order valence-electron chi connectivity index (χ1n) is 4.57. The molecule has 0 aliphatic carbocycles. The predicted octanol–water partition coefficient (Wildman–Crippen LogP) is 2.25. The van der Waals surface area contributed by atoms with Crippen LogP contribution in [0, 0.1) is 5.82 Å². The third-order valence-electron chi connectivity index (χ3n) is 1.86. The first-order valence-corrected chi connectivity index (χ1v) is 4.95. The Hall–Kier alpha value is -1.00. The second-order valence-corrected chi connectivity index (χ2v) is 3.73. The van der Waals surface area contributed by atoms with Crippen molar-refractivity contribution in [2.24, 2.45) is 5.73 Å². The van der Waals surface area contributed by atoms with Crippen LogP contribution in [-0.2, 0) is 0 Å². The average molecular weight is 233 g/mol. The Kier molecular flexibility index (Phi) is 4.17. The number of anilines is 1. The number of halogens is 2. The van der Waals surface area contributed by atoms with Gasteiger partial charge in [0.15, 0.2) is 0 Å². The van der Waals surface area contributed by atoms with Gasteiger partial charge in [-0.25, -0.2) is 4.39 Å². The summed E-state index contributed by atoms with van der Waals surface area (Å²) >= 11 is 5.75. The molecule has 0 aliphatic rings. The zero-order valence-electron chi connectivity index (χ0n) is 8.68. The molecule has 1 aromatic carbocycles. The van der Waals surface area contributed by atoms with E-state index >= 15 is 0 Å². The molecular weight excluding hydrogens is 219 g/mol. The number of nitrogens with one attached hydrogen (secondary N) is 1. The molecule has 0 spiro atoms. The maximum absolute atomic E-state index is 13.4. The van der Waals surface area contributed by atoms with Gasteiger partial charge in [-0.05, 0) is 13.0 Å². The standard InChI is InChI=1S/C10H14ClFN2O/c1-6(13)5-14-9-4-10(15-2)7(11)3-8(9)12/h3-4,6,14H,5,13H2,1-2H3/t6-/m0/s1. The van der Waals surface area contributed by atoms with Gasteiger partial charge in [-0.3, -0.25) is 0 Å². The average Bonchev–Trinajstić information content (AvgIpc) is 2.16. The van der Waals surface area contributed by atoms with Gasteiger partial charge in [-0.1, -0.05) is 11.6 Å². The predicted molar refractivity (Wildman–Crippen MR) is 60.1 cm³/mol. The maximum atomic E-state index is 13.4. The Labute approximate surface area is 93.4 Å². The molecule has 0 unspecified atom stereocenters. The van der Waals surface area contributed by atoms with Gasteiger partial charge in [0.1, 0.15) is 11.6 Å². The molecule has 1 atom stereocenters.